The third kappa shape index (κ3) is 3.93. The molecule has 3 aromatic rings. The fourth-order valence-electron chi connectivity index (χ4n) is 2.31. The topological polar surface area (TPSA) is 57.0 Å². The summed E-state index contributed by atoms with van der Waals surface area (Å²) in [5.41, 5.74) is 1.62. The van der Waals surface area contributed by atoms with Gasteiger partial charge in [0.05, 0.1) is 12.9 Å². The van der Waals surface area contributed by atoms with Gasteiger partial charge in [0, 0.05) is 22.6 Å². The predicted molar refractivity (Wildman–Crippen MR) is 102 cm³/mol. The molecule has 0 atom stereocenters. The molecular formula is C18H16BrN3O2S. The Balaban J connectivity index is 1.71. The van der Waals surface area contributed by atoms with Crippen LogP contribution in [0.1, 0.15) is 10.4 Å². The van der Waals surface area contributed by atoms with E-state index in [1.54, 1.807) is 31.4 Å². The highest BCUT2D eigenvalue weighted by molar-refractivity contribution is 9.10. The maximum absolute atomic E-state index is 12.3. The van der Waals surface area contributed by atoms with Gasteiger partial charge in [0.1, 0.15) is 5.75 Å². The number of carbonyl (C=O) groups excluding carboxylic acids is 1. The molecule has 0 aliphatic heterocycles. The molecule has 0 aliphatic rings. The standard InChI is InChI=1S/C18H16BrN3O2S/c1-22-17(14-5-3-4-6-15(14)19)20-21-18(22)25-11-16(23)12-7-9-13(24-2)10-8-12/h3-10H,11H2,1-2H3. The van der Waals surface area contributed by atoms with Crippen molar-refractivity contribution < 1.29 is 9.53 Å². The highest BCUT2D eigenvalue weighted by atomic mass is 79.9. The third-order valence-electron chi connectivity index (χ3n) is 3.69. The lowest BCUT2D eigenvalue weighted by Gasteiger charge is -2.06. The van der Waals surface area contributed by atoms with Crippen molar-refractivity contribution in [2.24, 2.45) is 7.05 Å². The number of rotatable bonds is 6. The molecule has 0 saturated heterocycles. The summed E-state index contributed by atoms with van der Waals surface area (Å²) in [6.07, 6.45) is 0. The Kier molecular flexibility index (Phi) is 5.55. The predicted octanol–water partition coefficient (Wildman–Crippen LogP) is 4.23. The third-order valence-corrected chi connectivity index (χ3v) is 5.41. The fraction of sp³-hybridized carbons (Fsp3) is 0.167. The van der Waals surface area contributed by atoms with Crippen molar-refractivity contribution in [1.29, 1.82) is 0 Å². The van der Waals surface area contributed by atoms with Crippen molar-refractivity contribution >= 4 is 33.5 Å². The second kappa shape index (κ2) is 7.84. The number of halogens is 1. The quantitative estimate of drug-likeness (QED) is 0.443. The first-order valence-corrected chi connectivity index (χ1v) is 9.32. The summed E-state index contributed by atoms with van der Waals surface area (Å²) in [6.45, 7) is 0. The van der Waals surface area contributed by atoms with E-state index in [2.05, 4.69) is 26.1 Å². The molecule has 7 heteroatoms. The molecule has 0 unspecified atom stereocenters. The number of benzene rings is 2. The molecule has 5 nitrogen and oxygen atoms in total. The lowest BCUT2D eigenvalue weighted by atomic mass is 10.1. The minimum absolute atomic E-state index is 0.0399. The SMILES string of the molecule is COc1ccc(C(=O)CSc2nnc(-c3ccccc3Br)n2C)cc1. The van der Waals surface area contributed by atoms with Crippen LogP contribution in [0.3, 0.4) is 0 Å². The van der Waals surface area contributed by atoms with E-state index in [1.807, 2.05) is 35.9 Å². The van der Waals surface area contributed by atoms with Crippen LogP contribution >= 0.6 is 27.7 Å². The molecule has 0 bridgehead atoms. The van der Waals surface area contributed by atoms with Gasteiger partial charge in [0.2, 0.25) is 0 Å². The molecule has 0 radical (unpaired) electrons. The maximum atomic E-state index is 12.3. The van der Waals surface area contributed by atoms with Gasteiger partial charge in [-0.1, -0.05) is 45.9 Å². The first-order chi connectivity index (χ1) is 12.1. The number of ether oxygens (including phenoxy) is 1. The van der Waals surface area contributed by atoms with Gasteiger partial charge in [0.25, 0.3) is 0 Å². The molecule has 0 amide bonds. The Bertz CT molecular complexity index is 894. The number of nitrogens with zero attached hydrogens (tertiary/aromatic N) is 3. The van der Waals surface area contributed by atoms with Crippen LogP contribution in [-0.4, -0.2) is 33.4 Å². The van der Waals surface area contributed by atoms with Crippen molar-refractivity contribution in [3.8, 4) is 17.1 Å². The van der Waals surface area contributed by atoms with E-state index in [0.717, 1.165) is 21.6 Å². The zero-order valence-corrected chi connectivity index (χ0v) is 16.2. The smallest absolute Gasteiger partial charge is 0.191 e. The Hall–Kier alpha value is -2.12. The minimum atomic E-state index is 0.0399. The Labute approximate surface area is 158 Å². The van der Waals surface area contributed by atoms with Crippen LogP contribution in [0, 0.1) is 0 Å². The van der Waals surface area contributed by atoms with Crippen LogP contribution in [0.25, 0.3) is 11.4 Å². The summed E-state index contributed by atoms with van der Waals surface area (Å²) in [4.78, 5) is 12.3. The summed E-state index contributed by atoms with van der Waals surface area (Å²) < 4.78 is 7.96. The van der Waals surface area contributed by atoms with Crippen molar-refractivity contribution in [2.75, 3.05) is 12.9 Å². The summed E-state index contributed by atoms with van der Waals surface area (Å²) >= 11 is 4.90. The van der Waals surface area contributed by atoms with Crippen LogP contribution < -0.4 is 4.74 Å². The summed E-state index contributed by atoms with van der Waals surface area (Å²) in [7, 11) is 3.50. The van der Waals surface area contributed by atoms with E-state index >= 15 is 0 Å². The van der Waals surface area contributed by atoms with Gasteiger partial charge in [-0.3, -0.25) is 4.79 Å². The van der Waals surface area contributed by atoms with Crippen LogP contribution in [-0.2, 0) is 7.05 Å². The molecule has 1 aromatic heterocycles. The number of hydrogen-bond acceptors (Lipinski definition) is 5. The molecule has 2 aromatic carbocycles. The van der Waals surface area contributed by atoms with E-state index in [-0.39, 0.29) is 5.78 Å². The van der Waals surface area contributed by atoms with Gasteiger partial charge in [-0.05, 0) is 30.3 Å². The van der Waals surface area contributed by atoms with E-state index < -0.39 is 0 Å². The van der Waals surface area contributed by atoms with Gasteiger partial charge >= 0.3 is 0 Å². The normalized spacial score (nSPS) is 10.7. The van der Waals surface area contributed by atoms with Crippen molar-refractivity contribution in [3.63, 3.8) is 0 Å². The number of ketones is 1. The lowest BCUT2D eigenvalue weighted by molar-refractivity contribution is 0.102. The van der Waals surface area contributed by atoms with Gasteiger partial charge in [-0.2, -0.15) is 0 Å². The molecule has 1 heterocycles. The van der Waals surface area contributed by atoms with Gasteiger partial charge in [-0.25, -0.2) is 0 Å². The maximum Gasteiger partial charge on any atom is 0.191 e. The first kappa shape index (κ1) is 17.7. The first-order valence-electron chi connectivity index (χ1n) is 7.54. The average Bonchev–Trinajstić information content (AvgIpc) is 3.00. The molecule has 128 valence electrons. The van der Waals surface area contributed by atoms with Crippen molar-refractivity contribution in [2.45, 2.75) is 5.16 Å². The Morgan fingerprint density at radius 3 is 2.56 bits per heavy atom. The number of carbonyl (C=O) groups is 1. The largest absolute Gasteiger partial charge is 0.497 e. The van der Waals surface area contributed by atoms with E-state index in [1.165, 1.54) is 11.8 Å². The molecule has 0 spiro atoms. The molecule has 0 N–H and O–H groups in total. The molecule has 0 aliphatic carbocycles. The lowest BCUT2D eigenvalue weighted by Crippen LogP contribution is -2.04. The number of thioether (sulfide) groups is 1. The van der Waals surface area contributed by atoms with Crippen LogP contribution in [0.4, 0.5) is 0 Å². The number of aromatic nitrogens is 3. The summed E-state index contributed by atoms with van der Waals surface area (Å²) in [5, 5.41) is 9.17. The van der Waals surface area contributed by atoms with E-state index in [4.69, 9.17) is 4.74 Å². The zero-order valence-electron chi connectivity index (χ0n) is 13.8. The Morgan fingerprint density at radius 1 is 1.16 bits per heavy atom. The average molecular weight is 418 g/mol. The van der Waals surface area contributed by atoms with Gasteiger partial charge in [0.15, 0.2) is 16.8 Å². The second-order valence-electron chi connectivity index (χ2n) is 5.29. The fourth-order valence-corrected chi connectivity index (χ4v) is 3.58. The Morgan fingerprint density at radius 2 is 1.88 bits per heavy atom. The summed E-state index contributed by atoms with van der Waals surface area (Å²) in [5.74, 6) is 1.83. The minimum Gasteiger partial charge on any atom is -0.497 e. The molecular weight excluding hydrogens is 402 g/mol. The van der Waals surface area contributed by atoms with Crippen LogP contribution in [0.5, 0.6) is 5.75 Å². The molecule has 25 heavy (non-hydrogen) atoms. The van der Waals surface area contributed by atoms with Crippen LogP contribution in [0.2, 0.25) is 0 Å². The highest BCUT2D eigenvalue weighted by Crippen LogP contribution is 2.28. The monoisotopic (exact) mass is 417 g/mol. The number of hydrogen-bond donors (Lipinski definition) is 0. The number of Topliss-reactive ketones (excluding diaryl/α,β-unsaturated/α-hetero) is 1. The van der Waals surface area contributed by atoms with Crippen LogP contribution in [0.15, 0.2) is 58.2 Å². The molecule has 3 rings (SSSR count). The zero-order chi connectivity index (χ0) is 17.8. The summed E-state index contributed by atoms with van der Waals surface area (Å²) in [6, 6.07) is 14.9. The van der Waals surface area contributed by atoms with Gasteiger partial charge < -0.3 is 9.30 Å². The number of methoxy groups -OCH3 is 1. The molecule has 0 saturated carbocycles. The molecule has 0 fully saturated rings. The highest BCUT2D eigenvalue weighted by Gasteiger charge is 2.15. The van der Waals surface area contributed by atoms with Gasteiger partial charge in [-0.15, -0.1) is 10.2 Å². The van der Waals surface area contributed by atoms with E-state index in [9.17, 15) is 4.79 Å². The van der Waals surface area contributed by atoms with E-state index in [0.29, 0.717) is 16.5 Å². The van der Waals surface area contributed by atoms with Crippen molar-refractivity contribution in [1.82, 2.24) is 14.8 Å². The van der Waals surface area contributed by atoms with Crippen molar-refractivity contribution in [3.05, 3.63) is 58.6 Å². The second-order valence-corrected chi connectivity index (χ2v) is 7.08.